The van der Waals surface area contributed by atoms with Gasteiger partial charge in [0.25, 0.3) is 0 Å². The lowest BCUT2D eigenvalue weighted by molar-refractivity contribution is -0.140. The second-order valence-electron chi connectivity index (χ2n) is 9.71. The van der Waals surface area contributed by atoms with Crippen LogP contribution in [-0.2, 0) is 32.6 Å². The molecule has 0 saturated heterocycles. The number of carbonyl (C=O) groups is 2. The van der Waals surface area contributed by atoms with E-state index in [1.54, 1.807) is 18.2 Å². The fourth-order valence-electron chi connectivity index (χ4n) is 4.32. The first-order chi connectivity index (χ1) is 18.5. The summed E-state index contributed by atoms with van der Waals surface area (Å²) in [4.78, 5) is 29.1. The summed E-state index contributed by atoms with van der Waals surface area (Å²) in [7, 11) is -3.80. The molecule has 1 atom stereocenters. The molecule has 0 aliphatic carbocycles. The Morgan fingerprint density at radius 1 is 0.949 bits per heavy atom. The Balaban J connectivity index is 2.05. The molecule has 7 nitrogen and oxygen atoms in total. The van der Waals surface area contributed by atoms with Gasteiger partial charge in [-0.1, -0.05) is 83.0 Å². The minimum atomic E-state index is -3.80. The number of rotatable bonds is 12. The molecule has 9 heteroatoms. The maximum absolute atomic E-state index is 14.1. The molecule has 0 bridgehead atoms. The zero-order valence-electron chi connectivity index (χ0n) is 22.9. The van der Waals surface area contributed by atoms with Crippen LogP contribution >= 0.6 is 15.9 Å². The van der Waals surface area contributed by atoms with E-state index in [4.69, 9.17) is 0 Å². The smallest absolute Gasteiger partial charge is 0.244 e. The summed E-state index contributed by atoms with van der Waals surface area (Å²) in [5.74, 6) is -0.734. The number of sulfonamides is 1. The summed E-state index contributed by atoms with van der Waals surface area (Å²) < 4.78 is 27.7. The lowest BCUT2D eigenvalue weighted by Crippen LogP contribution is -2.53. The highest BCUT2D eigenvalue weighted by atomic mass is 79.9. The van der Waals surface area contributed by atoms with Crippen LogP contribution in [-0.4, -0.2) is 50.5 Å². The molecule has 1 N–H and O–H groups in total. The number of anilines is 1. The molecule has 0 radical (unpaired) electrons. The molecule has 0 aliphatic rings. The largest absolute Gasteiger partial charge is 0.354 e. The molecule has 3 rings (SSSR count). The Hall–Kier alpha value is -3.17. The first kappa shape index (κ1) is 30.4. The first-order valence-electron chi connectivity index (χ1n) is 12.9. The number of carbonyl (C=O) groups excluding carboxylic acids is 2. The van der Waals surface area contributed by atoms with Gasteiger partial charge in [0.05, 0.1) is 11.9 Å². The van der Waals surface area contributed by atoms with E-state index in [0.717, 1.165) is 43.7 Å². The van der Waals surface area contributed by atoms with Gasteiger partial charge < -0.3 is 10.2 Å². The fourth-order valence-corrected chi connectivity index (χ4v) is 5.41. The highest BCUT2D eigenvalue weighted by Crippen LogP contribution is 2.25. The van der Waals surface area contributed by atoms with Gasteiger partial charge in [-0.15, -0.1) is 0 Å². The van der Waals surface area contributed by atoms with E-state index in [9.17, 15) is 18.0 Å². The van der Waals surface area contributed by atoms with Crippen LogP contribution in [0.5, 0.6) is 0 Å². The van der Waals surface area contributed by atoms with Crippen LogP contribution in [0.15, 0.2) is 77.3 Å². The van der Waals surface area contributed by atoms with Gasteiger partial charge in [-0.05, 0) is 55.2 Å². The van der Waals surface area contributed by atoms with Crippen molar-refractivity contribution in [1.29, 1.82) is 0 Å². The van der Waals surface area contributed by atoms with E-state index in [2.05, 4.69) is 21.2 Å². The molecule has 3 aromatic rings. The van der Waals surface area contributed by atoms with Gasteiger partial charge in [0, 0.05) is 24.0 Å². The average Bonchev–Trinajstić information content (AvgIpc) is 2.89. The molecule has 208 valence electrons. The zero-order valence-corrected chi connectivity index (χ0v) is 25.3. The predicted octanol–water partition coefficient (Wildman–Crippen LogP) is 5.00. The lowest BCUT2D eigenvalue weighted by atomic mass is 10.0. The van der Waals surface area contributed by atoms with E-state index in [1.165, 1.54) is 4.90 Å². The Labute approximate surface area is 240 Å². The highest BCUT2D eigenvalue weighted by molar-refractivity contribution is 9.10. The highest BCUT2D eigenvalue weighted by Gasteiger charge is 2.33. The molecular weight excluding hydrogens is 578 g/mol. The van der Waals surface area contributed by atoms with Crippen LogP contribution in [0.4, 0.5) is 5.69 Å². The van der Waals surface area contributed by atoms with Crippen LogP contribution in [0.25, 0.3) is 0 Å². The van der Waals surface area contributed by atoms with E-state index >= 15 is 0 Å². The maximum atomic E-state index is 14.1. The van der Waals surface area contributed by atoms with Gasteiger partial charge in [0.1, 0.15) is 12.6 Å². The summed E-state index contributed by atoms with van der Waals surface area (Å²) in [5, 5.41) is 2.94. The first-order valence-corrected chi connectivity index (χ1v) is 15.5. The summed E-state index contributed by atoms with van der Waals surface area (Å²) >= 11 is 3.45. The lowest BCUT2D eigenvalue weighted by Gasteiger charge is -2.33. The van der Waals surface area contributed by atoms with Crippen LogP contribution < -0.4 is 9.62 Å². The van der Waals surface area contributed by atoms with Crippen molar-refractivity contribution in [2.24, 2.45) is 0 Å². The van der Waals surface area contributed by atoms with Gasteiger partial charge in [0.2, 0.25) is 21.8 Å². The molecular formula is C30H36BrN3O4S. The van der Waals surface area contributed by atoms with Crippen molar-refractivity contribution in [1.82, 2.24) is 10.2 Å². The summed E-state index contributed by atoms with van der Waals surface area (Å²) in [5.41, 5.74) is 4.01. The number of amides is 2. The standard InChI is InChI=1S/C30H36BrN3O4S/c1-5-16-32-30(36)28(19-24-11-7-6-8-12-24)33(20-25-13-9-10-22(2)17-25)29(35)21-34(39(4,37)38)26-14-15-27(31)23(3)18-26/h6-15,17-18,28H,5,16,19-21H2,1-4H3,(H,32,36)/t28-/m1/s1. The van der Waals surface area contributed by atoms with Crippen molar-refractivity contribution in [2.75, 3.05) is 23.7 Å². The number of benzene rings is 3. The minimum Gasteiger partial charge on any atom is -0.354 e. The zero-order chi connectivity index (χ0) is 28.6. The average molecular weight is 615 g/mol. The number of nitrogens with one attached hydrogen (secondary N) is 1. The number of halogens is 1. The maximum Gasteiger partial charge on any atom is 0.244 e. The normalized spacial score (nSPS) is 12.0. The fraction of sp³-hybridized carbons (Fsp3) is 0.333. The molecule has 0 aliphatic heterocycles. The van der Waals surface area contributed by atoms with Crippen LogP contribution in [0.2, 0.25) is 0 Å². The molecule has 0 heterocycles. The molecule has 0 aromatic heterocycles. The van der Waals surface area contributed by atoms with Gasteiger partial charge >= 0.3 is 0 Å². The van der Waals surface area contributed by atoms with Crippen molar-refractivity contribution in [3.05, 3.63) is 99.5 Å². The third-order valence-corrected chi connectivity index (χ3v) is 8.39. The predicted molar refractivity (Wildman–Crippen MR) is 160 cm³/mol. The number of aryl methyl sites for hydroxylation is 2. The Kier molecular flexibility index (Phi) is 10.7. The van der Waals surface area contributed by atoms with Gasteiger partial charge in [-0.3, -0.25) is 13.9 Å². The van der Waals surface area contributed by atoms with Gasteiger partial charge in [-0.2, -0.15) is 0 Å². The molecule has 0 spiro atoms. The van der Waals surface area contributed by atoms with E-state index in [-0.39, 0.29) is 12.5 Å². The SMILES string of the molecule is CCCNC(=O)[C@@H](Cc1ccccc1)N(Cc1cccc(C)c1)C(=O)CN(c1ccc(Br)c(C)c1)S(C)(=O)=O. The molecule has 0 fully saturated rings. The second kappa shape index (κ2) is 13.8. The van der Waals surface area contributed by atoms with Crippen molar-refractivity contribution in [3.63, 3.8) is 0 Å². The molecule has 2 amide bonds. The monoisotopic (exact) mass is 613 g/mol. The molecule has 0 saturated carbocycles. The topological polar surface area (TPSA) is 86.8 Å². The number of hydrogen-bond donors (Lipinski definition) is 1. The van der Waals surface area contributed by atoms with Crippen LogP contribution in [0.1, 0.15) is 35.6 Å². The van der Waals surface area contributed by atoms with Crippen LogP contribution in [0, 0.1) is 13.8 Å². The quantitative estimate of drug-likeness (QED) is 0.311. The third kappa shape index (κ3) is 8.66. The minimum absolute atomic E-state index is 0.161. The van der Waals surface area contributed by atoms with Crippen LogP contribution in [0.3, 0.4) is 0 Å². The van der Waals surface area contributed by atoms with Crippen molar-refractivity contribution in [2.45, 2.75) is 46.2 Å². The second-order valence-corrected chi connectivity index (χ2v) is 12.5. The van der Waals surface area contributed by atoms with Crippen molar-refractivity contribution in [3.8, 4) is 0 Å². The summed E-state index contributed by atoms with van der Waals surface area (Å²) in [6.07, 6.45) is 2.13. The number of hydrogen-bond acceptors (Lipinski definition) is 4. The molecule has 3 aromatic carbocycles. The number of nitrogens with zero attached hydrogens (tertiary/aromatic N) is 2. The van der Waals surface area contributed by atoms with E-state index in [1.807, 2.05) is 75.4 Å². The summed E-state index contributed by atoms with van der Waals surface area (Å²) in [6.45, 7) is 5.99. The van der Waals surface area contributed by atoms with Crippen molar-refractivity contribution < 1.29 is 18.0 Å². The Morgan fingerprint density at radius 3 is 2.26 bits per heavy atom. The van der Waals surface area contributed by atoms with Gasteiger partial charge in [0.15, 0.2) is 0 Å². The summed E-state index contributed by atoms with van der Waals surface area (Å²) in [6, 6.07) is 21.6. The van der Waals surface area contributed by atoms with E-state index in [0.29, 0.717) is 18.7 Å². The third-order valence-electron chi connectivity index (χ3n) is 6.36. The van der Waals surface area contributed by atoms with E-state index < -0.39 is 28.5 Å². The van der Waals surface area contributed by atoms with Crippen molar-refractivity contribution >= 4 is 43.5 Å². The Morgan fingerprint density at radius 2 is 1.64 bits per heavy atom. The van der Waals surface area contributed by atoms with Gasteiger partial charge in [-0.25, -0.2) is 8.42 Å². The molecule has 0 unspecified atom stereocenters. The molecule has 39 heavy (non-hydrogen) atoms. The Bertz CT molecular complexity index is 1400.